The summed E-state index contributed by atoms with van der Waals surface area (Å²) in [4.78, 5) is 34.5. The monoisotopic (exact) mass is 483 g/mol. The predicted molar refractivity (Wildman–Crippen MR) is 139 cm³/mol. The number of hydrogen-bond donors (Lipinski definition) is 0. The topological polar surface area (TPSA) is 53.5 Å². The number of para-hydroxylation sites is 1. The average molecular weight is 484 g/mol. The summed E-state index contributed by atoms with van der Waals surface area (Å²) in [5.74, 6) is 0.275. The molecule has 0 saturated carbocycles. The summed E-state index contributed by atoms with van der Waals surface area (Å²) in [6, 6.07) is 20.4. The van der Waals surface area contributed by atoms with E-state index in [4.69, 9.17) is 4.98 Å². The highest BCUT2D eigenvalue weighted by Crippen LogP contribution is 2.57. The third-order valence-corrected chi connectivity index (χ3v) is 9.46. The Labute approximate surface area is 205 Å². The minimum atomic E-state index is -1.01. The van der Waals surface area contributed by atoms with Crippen molar-refractivity contribution in [3.63, 3.8) is 0 Å². The molecule has 1 atom stereocenters. The fourth-order valence-electron chi connectivity index (χ4n) is 5.49. The lowest BCUT2D eigenvalue weighted by Crippen LogP contribution is -2.50. The van der Waals surface area contributed by atoms with Crippen molar-refractivity contribution in [1.29, 1.82) is 0 Å². The van der Waals surface area contributed by atoms with Crippen LogP contribution in [-0.4, -0.2) is 29.1 Å². The van der Waals surface area contributed by atoms with Crippen LogP contribution >= 0.6 is 23.1 Å². The number of carbonyl (C=O) groups is 2. The lowest BCUT2D eigenvalue weighted by Gasteiger charge is -2.33. The Morgan fingerprint density at radius 2 is 1.88 bits per heavy atom. The molecule has 0 aliphatic carbocycles. The first-order valence-electron chi connectivity index (χ1n) is 11.5. The molecule has 4 heterocycles. The molecule has 7 heteroatoms. The summed E-state index contributed by atoms with van der Waals surface area (Å²) < 4.78 is 1.17. The number of thioether (sulfide) groups is 1. The molecule has 7 rings (SSSR count). The highest BCUT2D eigenvalue weighted by molar-refractivity contribution is 8.02. The van der Waals surface area contributed by atoms with Crippen molar-refractivity contribution in [2.45, 2.75) is 24.6 Å². The van der Waals surface area contributed by atoms with Gasteiger partial charge in [-0.3, -0.25) is 14.5 Å². The van der Waals surface area contributed by atoms with Crippen molar-refractivity contribution < 1.29 is 9.59 Å². The van der Waals surface area contributed by atoms with Crippen molar-refractivity contribution in [1.82, 2.24) is 4.98 Å². The molecule has 4 aromatic rings. The second-order valence-corrected chi connectivity index (χ2v) is 11.3. The Morgan fingerprint density at radius 1 is 1.03 bits per heavy atom. The SMILES string of the molecule is Cc1ccc2nc(-c3ccc(N4C(=O)CSC45C(=O)N4CCCc6cccc5c64)cc3)sc2c1. The van der Waals surface area contributed by atoms with Gasteiger partial charge in [-0.25, -0.2) is 4.98 Å². The molecule has 1 fully saturated rings. The molecule has 34 heavy (non-hydrogen) atoms. The van der Waals surface area contributed by atoms with E-state index in [9.17, 15) is 9.59 Å². The zero-order valence-electron chi connectivity index (χ0n) is 18.6. The Kier molecular flexibility index (Phi) is 4.27. The van der Waals surface area contributed by atoms with Gasteiger partial charge in [0.15, 0.2) is 0 Å². The quantitative estimate of drug-likeness (QED) is 0.378. The van der Waals surface area contributed by atoms with Crippen molar-refractivity contribution in [2.24, 2.45) is 0 Å². The largest absolute Gasteiger partial charge is 0.309 e. The summed E-state index contributed by atoms with van der Waals surface area (Å²) in [6.45, 7) is 2.80. The van der Waals surface area contributed by atoms with Crippen LogP contribution in [0.25, 0.3) is 20.8 Å². The van der Waals surface area contributed by atoms with Gasteiger partial charge in [-0.15, -0.1) is 23.1 Å². The Hall–Kier alpha value is -3.16. The van der Waals surface area contributed by atoms with Crippen LogP contribution < -0.4 is 9.80 Å². The highest BCUT2D eigenvalue weighted by atomic mass is 32.2. The molecule has 3 aliphatic heterocycles. The minimum absolute atomic E-state index is 0.0103. The van der Waals surface area contributed by atoms with Gasteiger partial charge in [0.05, 0.1) is 21.7 Å². The van der Waals surface area contributed by atoms with E-state index in [2.05, 4.69) is 31.2 Å². The number of hydrogen-bond acceptors (Lipinski definition) is 5. The molecular weight excluding hydrogens is 462 g/mol. The molecular formula is C27H21N3O2S2. The van der Waals surface area contributed by atoms with Gasteiger partial charge < -0.3 is 4.90 Å². The van der Waals surface area contributed by atoms with E-state index < -0.39 is 4.87 Å². The number of aryl methyl sites for hydroxylation is 2. The van der Waals surface area contributed by atoms with Gasteiger partial charge >= 0.3 is 0 Å². The first kappa shape index (κ1) is 20.2. The fourth-order valence-corrected chi connectivity index (χ4v) is 7.91. The minimum Gasteiger partial charge on any atom is -0.309 e. The fraction of sp³-hybridized carbons (Fsp3) is 0.222. The van der Waals surface area contributed by atoms with E-state index in [0.717, 1.165) is 45.9 Å². The summed E-state index contributed by atoms with van der Waals surface area (Å²) in [5.41, 5.74) is 7.15. The predicted octanol–water partition coefficient (Wildman–Crippen LogP) is 5.50. The lowest BCUT2D eigenvalue weighted by atomic mass is 9.98. The van der Waals surface area contributed by atoms with Crippen molar-refractivity contribution in [3.8, 4) is 10.6 Å². The summed E-state index contributed by atoms with van der Waals surface area (Å²) in [6.07, 6.45) is 1.92. The Balaban J connectivity index is 1.31. The number of thiazole rings is 1. The van der Waals surface area contributed by atoms with E-state index in [0.29, 0.717) is 12.3 Å². The molecule has 1 spiro atoms. The van der Waals surface area contributed by atoms with Gasteiger partial charge in [-0.1, -0.05) is 24.3 Å². The van der Waals surface area contributed by atoms with Crippen LogP contribution in [-0.2, 0) is 20.9 Å². The van der Waals surface area contributed by atoms with E-state index in [1.165, 1.54) is 27.6 Å². The van der Waals surface area contributed by atoms with Crippen molar-refractivity contribution >= 4 is 56.5 Å². The molecule has 168 valence electrons. The van der Waals surface area contributed by atoms with Crippen molar-refractivity contribution in [3.05, 3.63) is 77.4 Å². The van der Waals surface area contributed by atoms with Gasteiger partial charge in [-0.2, -0.15) is 0 Å². The molecule has 1 saturated heterocycles. The molecule has 5 nitrogen and oxygen atoms in total. The van der Waals surface area contributed by atoms with Crippen LogP contribution in [0.3, 0.4) is 0 Å². The van der Waals surface area contributed by atoms with E-state index in [1.807, 2.05) is 41.3 Å². The third kappa shape index (κ3) is 2.65. The average Bonchev–Trinajstić information content (AvgIpc) is 3.50. The maximum absolute atomic E-state index is 13.9. The highest BCUT2D eigenvalue weighted by Gasteiger charge is 2.61. The number of carbonyl (C=O) groups excluding carboxylic acids is 2. The molecule has 0 bridgehead atoms. The zero-order valence-corrected chi connectivity index (χ0v) is 20.2. The number of fused-ring (bicyclic) bond motifs is 2. The molecule has 3 aliphatic rings. The molecule has 1 aromatic heterocycles. The van der Waals surface area contributed by atoms with E-state index in [1.54, 1.807) is 16.2 Å². The van der Waals surface area contributed by atoms with Crippen LogP contribution in [0, 0.1) is 6.92 Å². The van der Waals surface area contributed by atoms with Crippen LogP contribution in [0.15, 0.2) is 60.7 Å². The number of rotatable bonds is 2. The first-order valence-corrected chi connectivity index (χ1v) is 13.3. The lowest BCUT2D eigenvalue weighted by molar-refractivity contribution is -0.123. The van der Waals surface area contributed by atoms with E-state index >= 15 is 0 Å². The van der Waals surface area contributed by atoms with Gasteiger partial charge in [0, 0.05) is 23.4 Å². The first-order chi connectivity index (χ1) is 16.6. The standard InChI is InChI=1S/C27H21N3O2S2/c1-16-7-12-21-22(14-16)34-25(28-21)18-8-10-19(11-9-18)30-23(31)15-33-27(30)20-6-2-4-17-5-3-13-29(24(17)20)26(27)32/h2,4,6-12,14H,3,5,13,15H2,1H3. The molecule has 1 unspecified atom stereocenters. The number of anilines is 2. The number of aromatic nitrogens is 1. The Morgan fingerprint density at radius 3 is 2.74 bits per heavy atom. The number of amides is 2. The summed E-state index contributed by atoms with van der Waals surface area (Å²) in [5, 5.41) is 0.952. The maximum Gasteiger partial charge on any atom is 0.268 e. The number of benzene rings is 3. The number of nitrogens with zero attached hydrogens (tertiary/aromatic N) is 3. The normalized spacial score (nSPS) is 21.2. The van der Waals surface area contributed by atoms with Gasteiger partial charge in [0.25, 0.3) is 5.91 Å². The molecule has 2 amide bonds. The second-order valence-electron chi connectivity index (χ2n) is 9.07. The van der Waals surface area contributed by atoms with Crippen molar-refractivity contribution in [2.75, 3.05) is 22.1 Å². The maximum atomic E-state index is 13.9. The molecule has 0 N–H and O–H groups in total. The second kappa shape index (κ2) is 7.17. The molecule has 0 radical (unpaired) electrons. The Bertz CT molecular complexity index is 1510. The van der Waals surface area contributed by atoms with Gasteiger partial charge in [0.2, 0.25) is 10.8 Å². The summed E-state index contributed by atoms with van der Waals surface area (Å²) in [7, 11) is 0. The third-order valence-electron chi connectivity index (χ3n) is 7.00. The van der Waals surface area contributed by atoms with Crippen LogP contribution in [0.5, 0.6) is 0 Å². The van der Waals surface area contributed by atoms with Gasteiger partial charge in [-0.05, 0) is 67.3 Å². The molecule has 3 aromatic carbocycles. The van der Waals surface area contributed by atoms with Crippen LogP contribution in [0.4, 0.5) is 11.4 Å². The zero-order chi connectivity index (χ0) is 23.0. The van der Waals surface area contributed by atoms with Crippen LogP contribution in [0.2, 0.25) is 0 Å². The van der Waals surface area contributed by atoms with Crippen LogP contribution in [0.1, 0.15) is 23.1 Å². The smallest absolute Gasteiger partial charge is 0.268 e. The van der Waals surface area contributed by atoms with Gasteiger partial charge in [0.1, 0.15) is 5.01 Å². The van der Waals surface area contributed by atoms with E-state index in [-0.39, 0.29) is 11.8 Å². The summed E-state index contributed by atoms with van der Waals surface area (Å²) >= 11 is 3.12.